The van der Waals surface area contributed by atoms with Gasteiger partial charge in [0.25, 0.3) is 0 Å². The summed E-state index contributed by atoms with van der Waals surface area (Å²) in [6.07, 6.45) is 0. The van der Waals surface area contributed by atoms with Crippen molar-refractivity contribution in [2.45, 2.75) is 13.8 Å². The normalized spacial score (nSPS) is 9.78. The highest BCUT2D eigenvalue weighted by molar-refractivity contribution is 5.73. The van der Waals surface area contributed by atoms with Gasteiger partial charge < -0.3 is 14.2 Å². The lowest BCUT2D eigenvalue weighted by Crippen LogP contribution is -2.06. The number of carbonyl (C=O) groups is 1. The van der Waals surface area contributed by atoms with E-state index in [0.29, 0.717) is 5.56 Å². The van der Waals surface area contributed by atoms with Crippen molar-refractivity contribution in [2.24, 2.45) is 0 Å². The molecule has 0 aromatic heterocycles. The fourth-order valence-corrected chi connectivity index (χ4v) is 1.61. The van der Waals surface area contributed by atoms with E-state index in [1.165, 1.54) is 21.1 Å². The van der Waals surface area contributed by atoms with Crippen LogP contribution < -0.4 is 14.2 Å². The smallest absolute Gasteiger partial charge is 0.315 e. The van der Waals surface area contributed by atoms with Gasteiger partial charge in [-0.3, -0.25) is 14.9 Å². The predicted octanol–water partition coefficient (Wildman–Crippen LogP) is 1.85. The van der Waals surface area contributed by atoms with Gasteiger partial charge in [-0.25, -0.2) is 0 Å². The van der Waals surface area contributed by atoms with Gasteiger partial charge >= 0.3 is 11.7 Å². The summed E-state index contributed by atoms with van der Waals surface area (Å²) in [6, 6.07) is 1.10. The highest BCUT2D eigenvalue weighted by Gasteiger charge is 2.25. The van der Waals surface area contributed by atoms with E-state index in [2.05, 4.69) is 0 Å². The van der Waals surface area contributed by atoms with Crippen molar-refractivity contribution in [3.63, 3.8) is 0 Å². The Morgan fingerprint density at radius 1 is 1.28 bits per heavy atom. The van der Waals surface area contributed by atoms with Crippen molar-refractivity contribution in [3.8, 4) is 17.2 Å². The molecule has 7 nitrogen and oxygen atoms in total. The third-order valence-corrected chi connectivity index (χ3v) is 2.26. The summed E-state index contributed by atoms with van der Waals surface area (Å²) >= 11 is 0. The second kappa shape index (κ2) is 5.35. The molecule has 0 bridgehead atoms. The first kappa shape index (κ1) is 13.8. The zero-order valence-corrected chi connectivity index (χ0v) is 10.5. The Morgan fingerprint density at radius 2 is 1.83 bits per heavy atom. The molecule has 0 N–H and O–H groups in total. The third kappa shape index (κ3) is 2.50. The van der Waals surface area contributed by atoms with E-state index < -0.39 is 10.9 Å². The molecule has 0 unspecified atom stereocenters. The minimum atomic E-state index is -0.613. The summed E-state index contributed by atoms with van der Waals surface area (Å²) in [6.45, 7) is 2.78. The lowest BCUT2D eigenvalue weighted by Gasteiger charge is -2.13. The van der Waals surface area contributed by atoms with Crippen LogP contribution in [-0.4, -0.2) is 25.1 Å². The maximum Gasteiger partial charge on any atom is 0.315 e. The number of nitro groups is 1. The molecular weight excluding hydrogens is 242 g/mol. The van der Waals surface area contributed by atoms with Crippen LogP contribution in [0.25, 0.3) is 0 Å². The van der Waals surface area contributed by atoms with E-state index in [4.69, 9.17) is 14.2 Å². The molecule has 1 aromatic carbocycles. The largest absolute Gasteiger partial charge is 0.492 e. The van der Waals surface area contributed by atoms with Crippen LogP contribution in [0, 0.1) is 17.0 Å². The Labute approximate surface area is 103 Å². The minimum Gasteiger partial charge on any atom is -0.492 e. The summed E-state index contributed by atoms with van der Waals surface area (Å²) in [7, 11) is 2.70. The van der Waals surface area contributed by atoms with Crippen LogP contribution in [0.2, 0.25) is 0 Å². The highest BCUT2D eigenvalue weighted by Crippen LogP contribution is 2.43. The van der Waals surface area contributed by atoms with Crippen LogP contribution in [0.3, 0.4) is 0 Å². The maximum atomic E-state index is 10.9. The first-order chi connectivity index (χ1) is 8.42. The number of rotatable bonds is 4. The van der Waals surface area contributed by atoms with E-state index in [0.717, 1.165) is 6.07 Å². The number of hydrogen-bond donors (Lipinski definition) is 0. The number of carbonyl (C=O) groups excluding carboxylic acids is 1. The molecule has 98 valence electrons. The van der Waals surface area contributed by atoms with E-state index in [9.17, 15) is 14.9 Å². The van der Waals surface area contributed by atoms with E-state index in [-0.39, 0.29) is 22.9 Å². The van der Waals surface area contributed by atoms with Crippen molar-refractivity contribution >= 4 is 11.7 Å². The zero-order valence-electron chi connectivity index (χ0n) is 10.5. The molecular formula is C11H13NO6. The number of nitrogens with zero attached hydrogens (tertiary/aromatic N) is 1. The Morgan fingerprint density at radius 3 is 2.22 bits per heavy atom. The fourth-order valence-electron chi connectivity index (χ4n) is 1.61. The van der Waals surface area contributed by atoms with Crippen LogP contribution >= 0.6 is 0 Å². The van der Waals surface area contributed by atoms with E-state index >= 15 is 0 Å². The first-order valence-electron chi connectivity index (χ1n) is 5.00. The molecule has 0 amide bonds. The Hall–Kier alpha value is -2.31. The number of esters is 1. The monoisotopic (exact) mass is 255 g/mol. The number of methoxy groups -OCH3 is 2. The van der Waals surface area contributed by atoms with Gasteiger partial charge in [-0.2, -0.15) is 0 Å². The van der Waals surface area contributed by atoms with Crippen molar-refractivity contribution in [1.29, 1.82) is 0 Å². The molecule has 18 heavy (non-hydrogen) atoms. The second-order valence-electron chi connectivity index (χ2n) is 3.44. The topological polar surface area (TPSA) is 87.9 Å². The number of hydrogen-bond acceptors (Lipinski definition) is 6. The molecule has 7 heteroatoms. The van der Waals surface area contributed by atoms with Gasteiger partial charge in [0.2, 0.25) is 5.75 Å². The second-order valence-corrected chi connectivity index (χ2v) is 3.44. The highest BCUT2D eigenvalue weighted by atomic mass is 16.6. The molecule has 0 aliphatic carbocycles. The Bertz CT molecular complexity index is 497. The molecule has 0 radical (unpaired) electrons. The fraction of sp³-hybridized carbons (Fsp3) is 0.364. The van der Waals surface area contributed by atoms with Gasteiger partial charge in [0.1, 0.15) is 0 Å². The average molecular weight is 255 g/mol. The summed E-state index contributed by atoms with van der Waals surface area (Å²) in [5.74, 6) is -0.289. The van der Waals surface area contributed by atoms with Gasteiger partial charge in [0, 0.05) is 12.5 Å². The number of nitro benzene ring substituents is 1. The minimum absolute atomic E-state index is 0.00463. The molecule has 0 atom stereocenters. The number of benzene rings is 1. The Balaban J connectivity index is 3.52. The summed E-state index contributed by atoms with van der Waals surface area (Å²) in [5, 5.41) is 10.9. The molecule has 1 aromatic rings. The van der Waals surface area contributed by atoms with Crippen LogP contribution in [0.15, 0.2) is 6.07 Å². The van der Waals surface area contributed by atoms with Crippen molar-refractivity contribution in [2.75, 3.05) is 14.2 Å². The molecule has 0 saturated carbocycles. The van der Waals surface area contributed by atoms with Gasteiger partial charge in [0.05, 0.1) is 25.2 Å². The average Bonchev–Trinajstić information content (AvgIpc) is 2.27. The lowest BCUT2D eigenvalue weighted by molar-refractivity contribution is -0.385. The van der Waals surface area contributed by atoms with Crippen LogP contribution in [-0.2, 0) is 4.79 Å². The van der Waals surface area contributed by atoms with Crippen molar-refractivity contribution in [1.82, 2.24) is 0 Å². The first-order valence-corrected chi connectivity index (χ1v) is 5.00. The van der Waals surface area contributed by atoms with Gasteiger partial charge in [-0.1, -0.05) is 0 Å². The van der Waals surface area contributed by atoms with Gasteiger partial charge in [-0.15, -0.1) is 0 Å². The van der Waals surface area contributed by atoms with Crippen LogP contribution in [0.5, 0.6) is 17.2 Å². The summed E-state index contributed by atoms with van der Waals surface area (Å²) in [5.41, 5.74) is 0.109. The quantitative estimate of drug-likeness (QED) is 0.353. The van der Waals surface area contributed by atoms with E-state index in [1.54, 1.807) is 6.92 Å². The summed E-state index contributed by atoms with van der Waals surface area (Å²) < 4.78 is 14.9. The van der Waals surface area contributed by atoms with Crippen LogP contribution in [0.4, 0.5) is 5.69 Å². The molecule has 0 heterocycles. The van der Waals surface area contributed by atoms with Crippen molar-refractivity contribution < 1.29 is 23.9 Å². The Kier molecular flexibility index (Phi) is 4.09. The lowest BCUT2D eigenvalue weighted by atomic mass is 10.1. The van der Waals surface area contributed by atoms with Gasteiger partial charge in [-0.05, 0) is 6.92 Å². The third-order valence-electron chi connectivity index (χ3n) is 2.26. The van der Waals surface area contributed by atoms with Crippen molar-refractivity contribution in [3.05, 3.63) is 21.7 Å². The van der Waals surface area contributed by atoms with E-state index in [1.807, 2.05) is 0 Å². The standard InChI is InChI=1S/C11H13NO6/c1-6-10(16-3)8(12(14)15)5-9(11(6)17-4)18-7(2)13/h5H,1-4H3. The SMILES string of the molecule is COc1c(OC(C)=O)cc([N+](=O)[O-])c(OC)c1C. The predicted molar refractivity (Wildman–Crippen MR) is 62.2 cm³/mol. The summed E-state index contributed by atoms with van der Waals surface area (Å²) in [4.78, 5) is 21.3. The molecule has 0 aliphatic heterocycles. The molecule has 1 rings (SSSR count). The zero-order chi connectivity index (χ0) is 13.9. The molecule has 0 spiro atoms. The molecule has 0 saturated heterocycles. The maximum absolute atomic E-state index is 10.9. The van der Waals surface area contributed by atoms with Crippen LogP contribution in [0.1, 0.15) is 12.5 Å². The molecule has 0 aliphatic rings. The number of ether oxygens (including phenoxy) is 3. The van der Waals surface area contributed by atoms with Gasteiger partial charge in [0.15, 0.2) is 11.5 Å². The molecule has 0 fully saturated rings.